The average Bonchev–Trinajstić information content (AvgIpc) is 2.82. The van der Waals surface area contributed by atoms with E-state index in [0.717, 1.165) is 43.5 Å². The van der Waals surface area contributed by atoms with Crippen LogP contribution in [0.4, 0.5) is 19.0 Å². The van der Waals surface area contributed by atoms with Gasteiger partial charge >= 0.3 is 12.1 Å². The maximum Gasteiger partial charge on any atom is 0.490 e. The fourth-order valence-electron chi connectivity index (χ4n) is 4.35. The highest BCUT2D eigenvalue weighted by atomic mass is 35.5. The maximum atomic E-state index is 10.6. The molecule has 6 nitrogen and oxygen atoms in total. The highest BCUT2D eigenvalue weighted by molar-refractivity contribution is 6.30. The summed E-state index contributed by atoms with van der Waals surface area (Å²) >= 11 is 6.04. The Kier molecular flexibility index (Phi) is 9.16. The van der Waals surface area contributed by atoms with Crippen molar-refractivity contribution < 1.29 is 27.8 Å². The van der Waals surface area contributed by atoms with Gasteiger partial charge < -0.3 is 14.7 Å². The third-order valence-corrected chi connectivity index (χ3v) is 6.30. The van der Waals surface area contributed by atoms with Crippen LogP contribution in [0.3, 0.4) is 0 Å². The number of carboxylic acids is 1. The number of hydrogen-bond donors (Lipinski definition) is 1. The standard InChI is InChI=1S/C22H28ClN3O.C2HF3O2/c1-17-15-26(21(16-27-17)14-18-5-7-19(23)8-6-18)20-9-12-25(13-10-20)22-4-2-3-11-24-22;3-2(4,5)1(6)7/h2-8,11,17,20-21H,9-10,12-16H2,1H3;(H,6,7)/t17-,21-;/m0./s1. The monoisotopic (exact) mass is 499 g/mol. The Hall–Kier alpha value is -2.36. The lowest BCUT2D eigenvalue weighted by atomic mass is 9.96. The number of alkyl halides is 3. The SMILES string of the molecule is C[C@H]1CN(C2CCN(c3ccccn3)CC2)[C@@H](Cc2ccc(Cl)cc2)CO1.O=C(O)C(F)(F)F. The van der Waals surface area contributed by atoms with E-state index >= 15 is 0 Å². The molecule has 2 aliphatic rings. The first-order chi connectivity index (χ1) is 16.1. The molecule has 2 fully saturated rings. The predicted molar refractivity (Wildman–Crippen MR) is 124 cm³/mol. The van der Waals surface area contributed by atoms with E-state index in [1.165, 1.54) is 18.4 Å². The first-order valence-corrected chi connectivity index (χ1v) is 11.6. The van der Waals surface area contributed by atoms with Crippen molar-refractivity contribution in [2.24, 2.45) is 0 Å². The number of piperidine rings is 1. The molecule has 0 aliphatic carbocycles. The quantitative estimate of drug-likeness (QED) is 0.659. The third-order valence-electron chi connectivity index (χ3n) is 6.04. The fraction of sp³-hybridized carbons (Fsp3) is 0.500. The summed E-state index contributed by atoms with van der Waals surface area (Å²) in [5.41, 5.74) is 1.33. The van der Waals surface area contributed by atoms with Gasteiger partial charge in [-0.2, -0.15) is 13.2 Å². The smallest absolute Gasteiger partial charge is 0.475 e. The van der Waals surface area contributed by atoms with Crippen LogP contribution in [0, 0.1) is 0 Å². The maximum absolute atomic E-state index is 10.6. The van der Waals surface area contributed by atoms with E-state index in [-0.39, 0.29) is 0 Å². The van der Waals surface area contributed by atoms with Crippen LogP contribution in [0.1, 0.15) is 25.3 Å². The molecule has 1 aromatic heterocycles. The number of carbonyl (C=O) groups is 1. The van der Waals surface area contributed by atoms with Gasteiger partial charge in [-0.05, 0) is 56.0 Å². The van der Waals surface area contributed by atoms with Gasteiger partial charge in [0.05, 0.1) is 12.7 Å². The van der Waals surface area contributed by atoms with Crippen molar-refractivity contribution in [1.29, 1.82) is 0 Å². The highest BCUT2D eigenvalue weighted by Crippen LogP contribution is 2.27. The molecular weight excluding hydrogens is 471 g/mol. The normalized spacial score (nSPS) is 22.1. The molecule has 0 amide bonds. The van der Waals surface area contributed by atoms with E-state index in [1.54, 1.807) is 0 Å². The minimum atomic E-state index is -5.08. The Morgan fingerprint density at radius 1 is 1.18 bits per heavy atom. The van der Waals surface area contributed by atoms with Gasteiger partial charge in [-0.3, -0.25) is 4.90 Å². The predicted octanol–water partition coefficient (Wildman–Crippen LogP) is 4.67. The third kappa shape index (κ3) is 7.58. The number of nitrogens with zero attached hydrogens (tertiary/aromatic N) is 3. The number of morpholine rings is 1. The Morgan fingerprint density at radius 3 is 2.38 bits per heavy atom. The molecule has 10 heteroatoms. The lowest BCUT2D eigenvalue weighted by Gasteiger charge is -2.46. The number of pyridine rings is 1. The molecule has 0 radical (unpaired) electrons. The number of ether oxygens (including phenoxy) is 1. The average molecular weight is 500 g/mol. The summed E-state index contributed by atoms with van der Waals surface area (Å²) in [4.78, 5) is 18.5. The number of hydrogen-bond acceptors (Lipinski definition) is 5. The van der Waals surface area contributed by atoms with Gasteiger partial charge in [0, 0.05) is 42.9 Å². The van der Waals surface area contributed by atoms with E-state index in [9.17, 15) is 13.2 Å². The Bertz CT molecular complexity index is 907. The van der Waals surface area contributed by atoms with Crippen LogP contribution in [0.15, 0.2) is 48.7 Å². The first kappa shape index (κ1) is 26.2. The molecular formula is C24H29ClF3N3O3. The number of aromatic nitrogens is 1. The van der Waals surface area contributed by atoms with Crippen molar-refractivity contribution in [3.63, 3.8) is 0 Å². The van der Waals surface area contributed by atoms with Crippen molar-refractivity contribution >= 4 is 23.4 Å². The van der Waals surface area contributed by atoms with E-state index in [1.807, 2.05) is 24.4 Å². The van der Waals surface area contributed by atoms with Gasteiger partial charge in [0.1, 0.15) is 5.82 Å². The van der Waals surface area contributed by atoms with Crippen LogP contribution in [0.2, 0.25) is 5.02 Å². The summed E-state index contributed by atoms with van der Waals surface area (Å²) in [5, 5.41) is 7.92. The Labute approximate surface area is 202 Å². The number of aliphatic carboxylic acids is 1. The van der Waals surface area contributed by atoms with Crippen molar-refractivity contribution in [3.8, 4) is 0 Å². The second-order valence-corrected chi connectivity index (χ2v) is 8.97. The zero-order valence-electron chi connectivity index (χ0n) is 18.9. The lowest BCUT2D eigenvalue weighted by molar-refractivity contribution is -0.192. The number of carboxylic acid groups (broad SMARTS) is 1. The van der Waals surface area contributed by atoms with Gasteiger partial charge in [0.15, 0.2) is 0 Å². The van der Waals surface area contributed by atoms with E-state index in [0.29, 0.717) is 18.2 Å². The first-order valence-electron chi connectivity index (χ1n) is 11.2. The summed E-state index contributed by atoms with van der Waals surface area (Å²) in [6.45, 7) is 6.16. The summed E-state index contributed by atoms with van der Waals surface area (Å²) in [5.74, 6) is -1.66. The van der Waals surface area contributed by atoms with Gasteiger partial charge in [-0.25, -0.2) is 9.78 Å². The van der Waals surface area contributed by atoms with Crippen LogP contribution in [0.5, 0.6) is 0 Å². The van der Waals surface area contributed by atoms with Crippen molar-refractivity contribution in [1.82, 2.24) is 9.88 Å². The van der Waals surface area contributed by atoms with Crippen LogP contribution < -0.4 is 4.90 Å². The molecule has 1 N–H and O–H groups in total. The molecule has 2 aromatic rings. The molecule has 4 rings (SSSR count). The van der Waals surface area contributed by atoms with Crippen LogP contribution in [0.25, 0.3) is 0 Å². The van der Waals surface area contributed by atoms with Gasteiger partial charge in [0.2, 0.25) is 0 Å². The molecule has 0 bridgehead atoms. The summed E-state index contributed by atoms with van der Waals surface area (Å²) in [7, 11) is 0. The molecule has 1 aromatic carbocycles. The Balaban J connectivity index is 0.000000406. The summed E-state index contributed by atoms with van der Waals surface area (Å²) < 4.78 is 37.7. The second-order valence-electron chi connectivity index (χ2n) is 8.53. The minimum absolute atomic E-state index is 0.306. The molecule has 34 heavy (non-hydrogen) atoms. The van der Waals surface area contributed by atoms with Crippen LogP contribution in [-0.4, -0.2) is 71.6 Å². The molecule has 3 heterocycles. The van der Waals surface area contributed by atoms with E-state index in [4.69, 9.17) is 26.2 Å². The van der Waals surface area contributed by atoms with Crippen molar-refractivity contribution in [3.05, 3.63) is 59.2 Å². The second kappa shape index (κ2) is 11.9. The lowest BCUT2D eigenvalue weighted by Crippen LogP contribution is -2.56. The fourth-order valence-corrected chi connectivity index (χ4v) is 4.48. The number of rotatable bonds is 4. The van der Waals surface area contributed by atoms with Crippen LogP contribution >= 0.6 is 11.6 Å². The van der Waals surface area contributed by atoms with Gasteiger partial charge in [-0.15, -0.1) is 0 Å². The van der Waals surface area contributed by atoms with E-state index < -0.39 is 12.1 Å². The van der Waals surface area contributed by atoms with Crippen LogP contribution in [-0.2, 0) is 16.0 Å². The van der Waals surface area contributed by atoms with Gasteiger partial charge in [-0.1, -0.05) is 29.8 Å². The molecule has 0 spiro atoms. The topological polar surface area (TPSA) is 65.9 Å². The van der Waals surface area contributed by atoms with Gasteiger partial charge in [0.25, 0.3) is 0 Å². The van der Waals surface area contributed by atoms with E-state index in [2.05, 4.69) is 46.0 Å². The zero-order valence-corrected chi connectivity index (χ0v) is 19.7. The molecule has 0 unspecified atom stereocenters. The largest absolute Gasteiger partial charge is 0.490 e. The summed E-state index contributed by atoms with van der Waals surface area (Å²) in [6.07, 6.45) is 0.485. The van der Waals surface area contributed by atoms with Crippen molar-refractivity contribution in [2.75, 3.05) is 31.1 Å². The zero-order chi connectivity index (χ0) is 24.7. The minimum Gasteiger partial charge on any atom is -0.475 e. The highest BCUT2D eigenvalue weighted by Gasteiger charge is 2.38. The number of benzene rings is 1. The molecule has 186 valence electrons. The summed E-state index contributed by atoms with van der Waals surface area (Å²) in [6, 6.07) is 15.5. The van der Waals surface area contributed by atoms with Crippen molar-refractivity contribution in [2.45, 2.75) is 50.6 Å². The molecule has 2 saturated heterocycles. The molecule has 2 aliphatic heterocycles. The molecule has 2 atom stereocenters. The number of halogens is 4. The Morgan fingerprint density at radius 2 is 1.82 bits per heavy atom. The molecule has 0 saturated carbocycles. The number of anilines is 1.